The average Bonchev–Trinajstić information content (AvgIpc) is 3.03. The first-order valence-corrected chi connectivity index (χ1v) is 8.18. The van der Waals surface area contributed by atoms with Crippen molar-refractivity contribution in [2.24, 2.45) is 7.05 Å². The molecule has 0 spiro atoms. The molecule has 0 aliphatic heterocycles. The molecule has 1 aromatic heterocycles. The molecule has 0 bridgehead atoms. The number of methoxy groups -OCH3 is 3. The van der Waals surface area contributed by atoms with Crippen molar-refractivity contribution in [2.75, 3.05) is 27.1 Å². The van der Waals surface area contributed by atoms with Gasteiger partial charge in [0.25, 0.3) is 0 Å². The summed E-state index contributed by atoms with van der Waals surface area (Å²) < 4.78 is 18.2. The molecule has 0 radical (unpaired) electrons. The molecule has 0 unspecified atom stereocenters. The Morgan fingerprint density at radius 3 is 2.04 bits per heavy atom. The fourth-order valence-corrected chi connectivity index (χ4v) is 3.09. The molecule has 6 heteroatoms. The van der Waals surface area contributed by atoms with Gasteiger partial charge in [0.2, 0.25) is 0 Å². The fraction of sp³-hybridized carbons (Fsp3) is 0.250. The molecular weight excluding hydrogens is 330 g/mol. The van der Waals surface area contributed by atoms with Gasteiger partial charge in [0.1, 0.15) is 17.2 Å². The van der Waals surface area contributed by atoms with E-state index in [9.17, 15) is 0 Å². The van der Waals surface area contributed by atoms with E-state index in [1.807, 2.05) is 48.9 Å². The molecule has 2 aromatic carbocycles. The molecule has 136 valence electrons. The van der Waals surface area contributed by atoms with Gasteiger partial charge in [0.05, 0.1) is 44.7 Å². The Bertz CT molecular complexity index is 922. The molecular formula is C20H23N3O3. The molecule has 0 atom stereocenters. The maximum Gasteiger partial charge on any atom is 0.141 e. The summed E-state index contributed by atoms with van der Waals surface area (Å²) in [4.78, 5) is 4.59. The van der Waals surface area contributed by atoms with Crippen LogP contribution in [-0.4, -0.2) is 30.9 Å². The monoisotopic (exact) mass is 353 g/mol. The van der Waals surface area contributed by atoms with Gasteiger partial charge in [-0.25, -0.2) is 4.98 Å². The van der Waals surface area contributed by atoms with Crippen LogP contribution in [-0.2, 0) is 7.05 Å². The highest BCUT2D eigenvalue weighted by Crippen LogP contribution is 2.38. The van der Waals surface area contributed by atoms with Crippen LogP contribution in [0.1, 0.15) is 5.56 Å². The molecule has 1 heterocycles. The van der Waals surface area contributed by atoms with Crippen molar-refractivity contribution >= 4 is 5.69 Å². The number of nitrogens with two attached hydrogens (primary N) is 1. The molecule has 0 amide bonds. The first-order chi connectivity index (χ1) is 12.5. The van der Waals surface area contributed by atoms with Crippen LogP contribution in [0, 0.1) is 6.92 Å². The van der Waals surface area contributed by atoms with Gasteiger partial charge in [0, 0.05) is 23.7 Å². The van der Waals surface area contributed by atoms with Crippen LogP contribution in [0.3, 0.4) is 0 Å². The summed E-state index contributed by atoms with van der Waals surface area (Å²) in [5.74, 6) is 2.16. The van der Waals surface area contributed by atoms with Crippen molar-refractivity contribution in [3.63, 3.8) is 0 Å². The van der Waals surface area contributed by atoms with Crippen LogP contribution in [0.15, 0.2) is 36.7 Å². The Labute approximate surface area is 153 Å². The molecule has 6 nitrogen and oxygen atoms in total. The highest BCUT2D eigenvalue weighted by Gasteiger charge is 2.18. The van der Waals surface area contributed by atoms with Gasteiger partial charge < -0.3 is 24.5 Å². The van der Waals surface area contributed by atoms with E-state index in [0.29, 0.717) is 11.4 Å². The van der Waals surface area contributed by atoms with E-state index in [0.717, 1.165) is 39.6 Å². The average molecular weight is 353 g/mol. The van der Waals surface area contributed by atoms with E-state index in [4.69, 9.17) is 19.9 Å². The first-order valence-electron chi connectivity index (χ1n) is 8.18. The van der Waals surface area contributed by atoms with Gasteiger partial charge in [-0.1, -0.05) is 0 Å². The van der Waals surface area contributed by atoms with Gasteiger partial charge in [0.15, 0.2) is 0 Å². The lowest BCUT2D eigenvalue weighted by molar-refractivity contribution is 0.389. The largest absolute Gasteiger partial charge is 0.496 e. The van der Waals surface area contributed by atoms with Gasteiger partial charge in [-0.3, -0.25) is 0 Å². The number of nitrogens with zero attached hydrogens (tertiary/aromatic N) is 2. The summed E-state index contributed by atoms with van der Waals surface area (Å²) in [6.45, 7) is 1.96. The second kappa shape index (κ2) is 7.00. The van der Waals surface area contributed by atoms with Crippen LogP contribution in [0.2, 0.25) is 0 Å². The van der Waals surface area contributed by atoms with E-state index < -0.39 is 0 Å². The minimum absolute atomic E-state index is 0.580. The van der Waals surface area contributed by atoms with E-state index in [1.165, 1.54) is 0 Å². The Balaban J connectivity index is 2.19. The van der Waals surface area contributed by atoms with E-state index >= 15 is 0 Å². The Kier molecular flexibility index (Phi) is 4.75. The van der Waals surface area contributed by atoms with Crippen LogP contribution in [0.4, 0.5) is 5.69 Å². The number of hydrogen-bond donors (Lipinski definition) is 1. The number of aryl methyl sites for hydroxylation is 1. The van der Waals surface area contributed by atoms with Gasteiger partial charge >= 0.3 is 0 Å². The molecule has 26 heavy (non-hydrogen) atoms. The lowest BCUT2D eigenvalue weighted by Gasteiger charge is -2.14. The maximum absolute atomic E-state index is 6.09. The predicted molar refractivity (Wildman–Crippen MR) is 103 cm³/mol. The molecule has 3 aromatic rings. The number of benzene rings is 2. The summed E-state index contributed by atoms with van der Waals surface area (Å²) in [5, 5.41) is 0. The summed E-state index contributed by atoms with van der Waals surface area (Å²) in [6.07, 6.45) is 1.78. The number of nitrogen functional groups attached to an aromatic ring is 1. The molecule has 0 saturated carbocycles. The third-order valence-corrected chi connectivity index (χ3v) is 4.47. The van der Waals surface area contributed by atoms with Crippen molar-refractivity contribution in [1.82, 2.24) is 9.55 Å². The van der Waals surface area contributed by atoms with Crippen molar-refractivity contribution in [2.45, 2.75) is 6.92 Å². The SMILES string of the molecule is COc1ccc(-c2c(-c3cc(OC)c(C)c(OC)c3)ncn2C)cc1N. The third-order valence-electron chi connectivity index (χ3n) is 4.47. The maximum atomic E-state index is 6.09. The second-order valence-corrected chi connectivity index (χ2v) is 6.02. The number of imidazole rings is 1. The molecule has 0 aliphatic carbocycles. The number of rotatable bonds is 5. The van der Waals surface area contributed by atoms with Crippen LogP contribution < -0.4 is 19.9 Å². The molecule has 3 rings (SSSR count). The number of anilines is 1. The molecule has 0 fully saturated rings. The van der Waals surface area contributed by atoms with Crippen molar-refractivity contribution in [1.29, 1.82) is 0 Å². The van der Waals surface area contributed by atoms with E-state index in [-0.39, 0.29) is 0 Å². The highest BCUT2D eigenvalue weighted by molar-refractivity contribution is 5.82. The van der Waals surface area contributed by atoms with Gasteiger partial charge in [-0.15, -0.1) is 0 Å². The number of ether oxygens (including phenoxy) is 3. The van der Waals surface area contributed by atoms with Crippen LogP contribution in [0.25, 0.3) is 22.5 Å². The molecule has 0 aliphatic rings. The normalized spacial score (nSPS) is 10.7. The summed E-state index contributed by atoms with van der Waals surface area (Å²) in [7, 11) is 6.85. The van der Waals surface area contributed by atoms with Crippen molar-refractivity contribution in [3.8, 4) is 39.8 Å². The lowest BCUT2D eigenvalue weighted by Crippen LogP contribution is -1.97. The van der Waals surface area contributed by atoms with E-state index in [2.05, 4.69) is 4.98 Å². The van der Waals surface area contributed by atoms with Crippen molar-refractivity contribution < 1.29 is 14.2 Å². The fourth-order valence-electron chi connectivity index (χ4n) is 3.09. The Morgan fingerprint density at radius 2 is 1.50 bits per heavy atom. The van der Waals surface area contributed by atoms with Gasteiger partial charge in [-0.05, 0) is 37.3 Å². The van der Waals surface area contributed by atoms with Crippen LogP contribution in [0.5, 0.6) is 17.2 Å². The number of aromatic nitrogens is 2. The number of hydrogen-bond acceptors (Lipinski definition) is 5. The summed E-state index contributed by atoms with van der Waals surface area (Å²) in [5.41, 5.74) is 11.3. The second-order valence-electron chi connectivity index (χ2n) is 6.02. The summed E-state index contributed by atoms with van der Waals surface area (Å²) in [6, 6.07) is 9.66. The highest BCUT2D eigenvalue weighted by atomic mass is 16.5. The standard InChI is InChI=1S/C20H23N3O3/c1-12-17(25-4)9-14(10-18(12)26-5)19-20(23(2)11-22-19)13-6-7-16(24-3)15(21)8-13/h6-11H,21H2,1-5H3. The zero-order valence-electron chi connectivity index (χ0n) is 15.7. The predicted octanol–water partition coefficient (Wildman–Crippen LogP) is 3.67. The zero-order chi connectivity index (χ0) is 18.8. The van der Waals surface area contributed by atoms with E-state index in [1.54, 1.807) is 27.7 Å². The topological polar surface area (TPSA) is 71.5 Å². The summed E-state index contributed by atoms with van der Waals surface area (Å²) >= 11 is 0. The molecule has 0 saturated heterocycles. The Morgan fingerprint density at radius 1 is 0.885 bits per heavy atom. The minimum atomic E-state index is 0.580. The smallest absolute Gasteiger partial charge is 0.141 e. The quantitative estimate of drug-likeness (QED) is 0.709. The Hall–Kier alpha value is -3.15. The van der Waals surface area contributed by atoms with Crippen molar-refractivity contribution in [3.05, 3.63) is 42.2 Å². The van der Waals surface area contributed by atoms with Crippen LogP contribution >= 0.6 is 0 Å². The molecule has 2 N–H and O–H groups in total. The first kappa shape index (κ1) is 17.7. The zero-order valence-corrected chi connectivity index (χ0v) is 15.7. The third kappa shape index (κ3) is 2.94. The minimum Gasteiger partial charge on any atom is -0.496 e. The van der Waals surface area contributed by atoms with Gasteiger partial charge in [-0.2, -0.15) is 0 Å². The lowest BCUT2D eigenvalue weighted by atomic mass is 10.0.